The van der Waals surface area contributed by atoms with Crippen molar-refractivity contribution in [3.05, 3.63) is 12.7 Å². The van der Waals surface area contributed by atoms with E-state index in [4.69, 9.17) is 16.0 Å². The van der Waals surface area contributed by atoms with E-state index in [1.165, 1.54) is 0 Å². The monoisotopic (exact) mass is 410 g/mol. The summed E-state index contributed by atoms with van der Waals surface area (Å²) in [5.74, 6) is 1.08. The molecule has 0 aliphatic heterocycles. The van der Waals surface area contributed by atoms with Crippen molar-refractivity contribution in [2.24, 2.45) is 5.92 Å². The first-order valence-corrected chi connectivity index (χ1v) is 12.6. The lowest BCUT2D eigenvalue weighted by Crippen LogP contribution is -2.46. The predicted molar refractivity (Wildman–Crippen MR) is 104 cm³/mol. The lowest BCUT2D eigenvalue weighted by molar-refractivity contribution is -0.118. The van der Waals surface area contributed by atoms with Crippen LogP contribution in [0.3, 0.4) is 0 Å². The van der Waals surface area contributed by atoms with E-state index >= 15 is 0 Å². The molecule has 0 aliphatic rings. The fraction of sp³-hybridized carbons (Fsp3) is 0.824. The zero-order valence-electron chi connectivity index (χ0n) is 14.8. The van der Waals surface area contributed by atoms with Gasteiger partial charge in [-0.2, -0.15) is 0 Å². The van der Waals surface area contributed by atoms with Crippen LogP contribution in [0.1, 0.15) is 46.5 Å². The smallest absolute Gasteiger partial charge is 0.192 e. The minimum absolute atomic E-state index is 0.0706. The number of alkyl halides is 2. The number of halogens is 2. The highest BCUT2D eigenvalue weighted by molar-refractivity contribution is 9.09. The third kappa shape index (κ3) is 7.76. The Morgan fingerprint density at radius 1 is 1.36 bits per heavy atom. The Balaban J connectivity index is 5.08. The molecule has 5 heteroatoms. The third-order valence-electron chi connectivity index (χ3n) is 4.53. The van der Waals surface area contributed by atoms with Crippen molar-refractivity contribution in [3.8, 4) is 0 Å². The summed E-state index contributed by atoms with van der Waals surface area (Å²) in [5, 5.41) is 0.514. The van der Waals surface area contributed by atoms with Crippen molar-refractivity contribution in [3.63, 3.8) is 0 Å². The van der Waals surface area contributed by atoms with Gasteiger partial charge in [0.1, 0.15) is 5.78 Å². The molecule has 0 bridgehead atoms. The first kappa shape index (κ1) is 22.4. The molecule has 0 rings (SSSR count). The second-order valence-electron chi connectivity index (χ2n) is 7.38. The largest absolute Gasteiger partial charge is 0.413 e. The Hall–Kier alpha value is 0.357. The SMILES string of the molecule is C=CC(CCCCCl)[C@H](CC(=O)CBr)O[Si](C)(C)C(C)(C)C. The Morgan fingerprint density at radius 3 is 2.36 bits per heavy atom. The molecule has 0 aliphatic carbocycles. The molecule has 0 amide bonds. The molecule has 0 aromatic rings. The van der Waals surface area contributed by atoms with E-state index in [1.54, 1.807) is 0 Å². The Bertz CT molecular complexity index is 353. The van der Waals surface area contributed by atoms with Crippen LogP contribution in [0.5, 0.6) is 0 Å². The van der Waals surface area contributed by atoms with Crippen LogP contribution in [0, 0.1) is 5.92 Å². The molecule has 1 unspecified atom stereocenters. The summed E-state index contributed by atoms with van der Waals surface area (Å²) >= 11 is 9.03. The summed E-state index contributed by atoms with van der Waals surface area (Å²) in [6.07, 6.45) is 5.35. The summed E-state index contributed by atoms with van der Waals surface area (Å²) in [7, 11) is -1.92. The van der Waals surface area contributed by atoms with Gasteiger partial charge in [-0.3, -0.25) is 4.79 Å². The van der Waals surface area contributed by atoms with Crippen LogP contribution in [0.4, 0.5) is 0 Å². The molecule has 0 saturated carbocycles. The van der Waals surface area contributed by atoms with Crippen LogP contribution in [0.25, 0.3) is 0 Å². The van der Waals surface area contributed by atoms with Gasteiger partial charge in [0.05, 0.1) is 11.4 Å². The molecular weight excluding hydrogens is 380 g/mol. The van der Waals surface area contributed by atoms with Crippen LogP contribution in [0.15, 0.2) is 12.7 Å². The second kappa shape index (κ2) is 10.3. The minimum Gasteiger partial charge on any atom is -0.413 e. The topological polar surface area (TPSA) is 26.3 Å². The maximum atomic E-state index is 11.9. The van der Waals surface area contributed by atoms with Crippen LogP contribution >= 0.6 is 27.5 Å². The molecule has 0 heterocycles. The fourth-order valence-electron chi connectivity index (χ4n) is 2.04. The van der Waals surface area contributed by atoms with Crippen molar-refractivity contribution in [1.82, 2.24) is 0 Å². The molecule has 2 atom stereocenters. The molecule has 0 fully saturated rings. The van der Waals surface area contributed by atoms with Gasteiger partial charge in [-0.05, 0) is 31.0 Å². The molecule has 0 spiro atoms. The van der Waals surface area contributed by atoms with Crippen molar-refractivity contribution in [2.75, 3.05) is 11.2 Å². The summed E-state index contributed by atoms with van der Waals surface area (Å²) in [4.78, 5) is 11.9. The maximum Gasteiger partial charge on any atom is 0.192 e. The first-order valence-electron chi connectivity index (χ1n) is 8.03. The Labute approximate surface area is 151 Å². The number of rotatable bonds is 11. The zero-order chi connectivity index (χ0) is 17.4. The Morgan fingerprint density at radius 2 is 1.95 bits per heavy atom. The molecule has 0 aromatic carbocycles. The van der Waals surface area contributed by atoms with Crippen LogP contribution in [-0.2, 0) is 9.22 Å². The fourth-order valence-corrected chi connectivity index (χ4v) is 3.83. The summed E-state index contributed by atoms with van der Waals surface area (Å²) in [6.45, 7) is 15.1. The summed E-state index contributed by atoms with van der Waals surface area (Å²) in [6, 6.07) is 0. The zero-order valence-corrected chi connectivity index (χ0v) is 18.1. The van der Waals surface area contributed by atoms with Gasteiger partial charge in [0.2, 0.25) is 0 Å². The first-order chi connectivity index (χ1) is 10.1. The van der Waals surface area contributed by atoms with Gasteiger partial charge < -0.3 is 4.43 Å². The van der Waals surface area contributed by atoms with Gasteiger partial charge >= 0.3 is 0 Å². The molecule has 2 nitrogen and oxygen atoms in total. The molecule has 22 heavy (non-hydrogen) atoms. The summed E-state index contributed by atoms with van der Waals surface area (Å²) < 4.78 is 6.55. The van der Waals surface area contributed by atoms with Gasteiger partial charge in [0.15, 0.2) is 8.32 Å². The molecular formula is C17H32BrClO2Si. The van der Waals surface area contributed by atoms with Crippen LogP contribution in [-0.4, -0.2) is 31.4 Å². The van der Waals surface area contributed by atoms with E-state index in [2.05, 4.69) is 56.4 Å². The number of hydrogen-bond acceptors (Lipinski definition) is 2. The minimum atomic E-state index is -1.92. The highest BCUT2D eigenvalue weighted by Gasteiger charge is 2.40. The molecule has 0 saturated heterocycles. The van der Waals surface area contributed by atoms with Crippen molar-refractivity contribution in [1.29, 1.82) is 0 Å². The Kier molecular flexibility index (Phi) is 10.4. The van der Waals surface area contributed by atoms with Crippen molar-refractivity contribution in [2.45, 2.75) is 70.7 Å². The lowest BCUT2D eigenvalue weighted by atomic mass is 9.93. The van der Waals surface area contributed by atoms with Gasteiger partial charge in [0, 0.05) is 18.2 Å². The highest BCUT2D eigenvalue weighted by Crippen LogP contribution is 2.39. The highest BCUT2D eigenvalue weighted by atomic mass is 79.9. The second-order valence-corrected chi connectivity index (χ2v) is 13.1. The van der Waals surface area contributed by atoms with Crippen molar-refractivity contribution >= 4 is 41.6 Å². The maximum absolute atomic E-state index is 11.9. The number of carbonyl (C=O) groups is 1. The van der Waals surface area contributed by atoms with Gasteiger partial charge in [-0.15, -0.1) is 18.2 Å². The molecule has 0 N–H and O–H groups in total. The number of Topliss-reactive ketones (excluding diaryl/α,β-unsaturated/α-hetero) is 1. The van der Waals surface area contributed by atoms with Crippen LogP contribution in [0.2, 0.25) is 18.1 Å². The van der Waals surface area contributed by atoms with E-state index < -0.39 is 8.32 Å². The van der Waals surface area contributed by atoms with Gasteiger partial charge in [-0.25, -0.2) is 0 Å². The standard InChI is InChI=1S/C17H32BrClO2Si/c1-7-14(10-8-9-11-19)16(12-15(20)13-18)21-22(5,6)17(2,3)4/h7,14,16H,1,8-13H2,2-6H3/t14?,16-/m0/s1. The average Bonchev–Trinajstić information content (AvgIpc) is 2.41. The lowest BCUT2D eigenvalue weighted by Gasteiger charge is -2.41. The van der Waals surface area contributed by atoms with Gasteiger partial charge in [-0.1, -0.05) is 49.2 Å². The predicted octanol–water partition coefficient (Wildman–Crippen LogP) is 5.94. The van der Waals surface area contributed by atoms with Crippen LogP contribution < -0.4 is 0 Å². The number of hydrogen-bond donors (Lipinski definition) is 0. The van der Waals surface area contributed by atoms with E-state index in [9.17, 15) is 4.79 Å². The molecule has 0 aromatic heterocycles. The quantitative estimate of drug-likeness (QED) is 0.182. The summed E-state index contributed by atoms with van der Waals surface area (Å²) in [5.41, 5.74) is 0. The van der Waals surface area contributed by atoms with Crippen molar-refractivity contribution < 1.29 is 9.22 Å². The molecule has 0 radical (unpaired) electrons. The number of unbranched alkanes of at least 4 members (excludes halogenated alkanes) is 1. The third-order valence-corrected chi connectivity index (χ3v) is 9.93. The van der Waals surface area contributed by atoms with E-state index in [0.29, 0.717) is 17.6 Å². The number of ketones is 1. The van der Waals surface area contributed by atoms with E-state index in [-0.39, 0.29) is 22.8 Å². The van der Waals surface area contributed by atoms with Gasteiger partial charge in [0.25, 0.3) is 0 Å². The average molecular weight is 412 g/mol. The molecule has 130 valence electrons. The normalized spacial score (nSPS) is 15.4. The number of carbonyl (C=O) groups excluding carboxylic acids is 1. The van der Waals surface area contributed by atoms with E-state index in [1.807, 2.05) is 6.08 Å². The van der Waals surface area contributed by atoms with E-state index in [0.717, 1.165) is 19.3 Å².